The molecule has 0 saturated heterocycles. The molecule has 5 nitrogen and oxygen atoms in total. The molecule has 1 aromatic heterocycles. The minimum Gasteiger partial charge on any atom is -0.361 e. The molecule has 0 aliphatic rings. The summed E-state index contributed by atoms with van der Waals surface area (Å²) in [6, 6.07) is 5.81. The van der Waals surface area contributed by atoms with Crippen LogP contribution in [0, 0.1) is 0 Å². The lowest BCUT2D eigenvalue weighted by Crippen LogP contribution is -2.39. The van der Waals surface area contributed by atoms with Crippen LogP contribution in [0.2, 0.25) is 0 Å². The second-order valence-electron chi connectivity index (χ2n) is 5.11. The number of anilines is 1. The van der Waals surface area contributed by atoms with Gasteiger partial charge in [0.2, 0.25) is 5.43 Å². The Bertz CT molecular complexity index is 783. The summed E-state index contributed by atoms with van der Waals surface area (Å²) in [5, 5.41) is 2.15. The number of primary amides is 1. The van der Waals surface area contributed by atoms with Crippen molar-refractivity contribution in [2.45, 2.75) is 26.2 Å². The highest BCUT2D eigenvalue weighted by Crippen LogP contribution is 2.22. The van der Waals surface area contributed by atoms with E-state index in [0.717, 1.165) is 34.4 Å². The lowest BCUT2D eigenvalue weighted by Gasteiger charge is -2.14. The van der Waals surface area contributed by atoms with Crippen molar-refractivity contribution in [2.24, 2.45) is 5.73 Å². The van der Waals surface area contributed by atoms with Crippen molar-refractivity contribution in [3.63, 3.8) is 0 Å². The number of hydrogen-bond donors (Lipinski definition) is 1. The van der Waals surface area contributed by atoms with Gasteiger partial charge in [0, 0.05) is 22.5 Å². The number of nitrogens with two attached hydrogens (primary N) is 1. The molecule has 1 aromatic carbocycles. The summed E-state index contributed by atoms with van der Waals surface area (Å²) in [5.41, 5.74) is 6.00. The Balaban J connectivity index is 2.50. The van der Waals surface area contributed by atoms with Crippen LogP contribution < -0.4 is 16.1 Å². The first-order valence-electron chi connectivity index (χ1n) is 7.07. The van der Waals surface area contributed by atoms with E-state index in [-0.39, 0.29) is 11.1 Å². The van der Waals surface area contributed by atoms with Crippen LogP contribution in [0.4, 0.5) is 5.69 Å². The maximum Gasteiger partial charge on any atom is 0.315 e. The van der Waals surface area contributed by atoms with Gasteiger partial charge in [0.15, 0.2) is 0 Å². The minimum atomic E-state index is -1.08. The molecule has 0 radical (unpaired) electrons. The molecular formula is C16H18N2O3S. The Hall–Kier alpha value is -2.21. The number of benzene rings is 1. The topological polar surface area (TPSA) is 80.5 Å². The third-order valence-electron chi connectivity index (χ3n) is 3.51. The van der Waals surface area contributed by atoms with Gasteiger partial charge >= 0.3 is 11.8 Å². The summed E-state index contributed by atoms with van der Waals surface area (Å²) < 4.78 is 0.855. The Morgan fingerprint density at radius 2 is 2.05 bits per heavy atom. The maximum absolute atomic E-state index is 12.6. The van der Waals surface area contributed by atoms with E-state index in [1.54, 1.807) is 5.38 Å². The minimum absolute atomic E-state index is 0.175. The van der Waals surface area contributed by atoms with Gasteiger partial charge < -0.3 is 10.6 Å². The molecule has 0 bridgehead atoms. The number of aryl methyl sites for hydroxylation is 1. The summed E-state index contributed by atoms with van der Waals surface area (Å²) >= 11 is 1.36. The standard InChI is InChI=1S/C16H18N2O3S/c1-3-4-5-10-6-7-13-11(8-10)14(19)12(9-22-13)18(2)16(21)15(17)20/h6-9H,3-5H2,1-2H3,(H2,17,20). The zero-order valence-electron chi connectivity index (χ0n) is 12.6. The number of hydrogen-bond acceptors (Lipinski definition) is 4. The van der Waals surface area contributed by atoms with Crippen LogP contribution in [0.25, 0.3) is 10.1 Å². The molecule has 0 atom stereocenters. The Kier molecular flexibility index (Phi) is 4.92. The van der Waals surface area contributed by atoms with E-state index in [4.69, 9.17) is 5.73 Å². The van der Waals surface area contributed by atoms with E-state index in [1.165, 1.54) is 18.4 Å². The highest BCUT2D eigenvalue weighted by Gasteiger charge is 2.20. The fraction of sp³-hybridized carbons (Fsp3) is 0.312. The molecule has 1 heterocycles. The molecular weight excluding hydrogens is 300 g/mol. The average molecular weight is 318 g/mol. The zero-order chi connectivity index (χ0) is 16.3. The quantitative estimate of drug-likeness (QED) is 0.876. The number of amides is 2. The summed E-state index contributed by atoms with van der Waals surface area (Å²) in [6.07, 6.45) is 3.06. The van der Waals surface area contributed by atoms with E-state index in [2.05, 4.69) is 6.92 Å². The van der Waals surface area contributed by atoms with E-state index in [0.29, 0.717) is 5.39 Å². The highest BCUT2D eigenvalue weighted by molar-refractivity contribution is 7.16. The lowest BCUT2D eigenvalue weighted by atomic mass is 10.1. The number of fused-ring (bicyclic) bond motifs is 1. The molecule has 0 fully saturated rings. The first-order valence-corrected chi connectivity index (χ1v) is 7.95. The second-order valence-corrected chi connectivity index (χ2v) is 6.02. The number of nitrogens with zero attached hydrogens (tertiary/aromatic N) is 1. The van der Waals surface area contributed by atoms with E-state index >= 15 is 0 Å². The van der Waals surface area contributed by atoms with Crippen LogP contribution in [-0.2, 0) is 16.0 Å². The van der Waals surface area contributed by atoms with Crippen LogP contribution in [0.5, 0.6) is 0 Å². The number of carbonyl (C=O) groups is 2. The largest absolute Gasteiger partial charge is 0.361 e. The van der Waals surface area contributed by atoms with Gasteiger partial charge in [-0.3, -0.25) is 14.4 Å². The lowest BCUT2D eigenvalue weighted by molar-refractivity contribution is -0.135. The second kappa shape index (κ2) is 6.70. The van der Waals surface area contributed by atoms with Crippen LogP contribution in [0.15, 0.2) is 28.4 Å². The molecule has 0 spiro atoms. The number of rotatable bonds is 4. The van der Waals surface area contributed by atoms with Crippen LogP contribution >= 0.6 is 11.3 Å². The van der Waals surface area contributed by atoms with Crippen molar-refractivity contribution >= 4 is 38.9 Å². The van der Waals surface area contributed by atoms with Crippen LogP contribution in [0.1, 0.15) is 25.3 Å². The van der Waals surface area contributed by atoms with Crippen LogP contribution in [0.3, 0.4) is 0 Å². The first kappa shape index (κ1) is 16.2. The number of carbonyl (C=O) groups excluding carboxylic acids is 2. The van der Waals surface area contributed by atoms with E-state index in [9.17, 15) is 14.4 Å². The Morgan fingerprint density at radius 1 is 1.32 bits per heavy atom. The molecule has 116 valence electrons. The molecule has 0 aliphatic heterocycles. The van der Waals surface area contributed by atoms with Gasteiger partial charge in [-0.1, -0.05) is 19.4 Å². The SMILES string of the molecule is CCCCc1ccc2scc(N(C)C(=O)C(N)=O)c(=O)c2c1. The van der Waals surface area contributed by atoms with Crippen molar-refractivity contribution in [1.29, 1.82) is 0 Å². The third-order valence-corrected chi connectivity index (χ3v) is 4.47. The van der Waals surface area contributed by atoms with Crippen molar-refractivity contribution in [3.8, 4) is 0 Å². The predicted octanol–water partition coefficient (Wildman–Crippen LogP) is 2.05. The van der Waals surface area contributed by atoms with E-state index < -0.39 is 11.8 Å². The number of unbranched alkanes of at least 4 members (excludes halogenated alkanes) is 1. The van der Waals surface area contributed by atoms with Gasteiger partial charge in [0.1, 0.15) is 5.69 Å². The van der Waals surface area contributed by atoms with Gasteiger partial charge in [-0.15, -0.1) is 11.3 Å². The molecule has 0 saturated carbocycles. The van der Waals surface area contributed by atoms with Gasteiger partial charge in [-0.05, 0) is 30.5 Å². The molecule has 2 rings (SSSR count). The zero-order valence-corrected chi connectivity index (χ0v) is 13.4. The fourth-order valence-electron chi connectivity index (χ4n) is 2.21. The fourth-order valence-corrected chi connectivity index (χ4v) is 3.14. The van der Waals surface area contributed by atoms with Gasteiger partial charge in [0.25, 0.3) is 0 Å². The molecule has 2 N–H and O–H groups in total. The summed E-state index contributed by atoms with van der Waals surface area (Å²) in [6.45, 7) is 2.12. The third kappa shape index (κ3) is 3.17. The van der Waals surface area contributed by atoms with Crippen molar-refractivity contribution in [2.75, 3.05) is 11.9 Å². The average Bonchev–Trinajstić information content (AvgIpc) is 2.52. The van der Waals surface area contributed by atoms with Gasteiger partial charge in [0.05, 0.1) is 0 Å². The summed E-state index contributed by atoms with van der Waals surface area (Å²) in [5.74, 6) is -1.98. The highest BCUT2D eigenvalue weighted by atomic mass is 32.1. The van der Waals surface area contributed by atoms with Gasteiger partial charge in [-0.25, -0.2) is 0 Å². The molecule has 2 aromatic rings. The molecule has 0 aliphatic carbocycles. The molecule has 22 heavy (non-hydrogen) atoms. The smallest absolute Gasteiger partial charge is 0.315 e. The molecule has 2 amide bonds. The van der Waals surface area contributed by atoms with Gasteiger partial charge in [-0.2, -0.15) is 0 Å². The van der Waals surface area contributed by atoms with Crippen molar-refractivity contribution < 1.29 is 9.59 Å². The molecule has 0 unspecified atom stereocenters. The maximum atomic E-state index is 12.6. The van der Waals surface area contributed by atoms with E-state index in [1.807, 2.05) is 18.2 Å². The van der Waals surface area contributed by atoms with Crippen molar-refractivity contribution in [1.82, 2.24) is 0 Å². The monoisotopic (exact) mass is 318 g/mol. The number of likely N-dealkylation sites (N-methyl/N-ethyl adjacent to an activating group) is 1. The first-order chi connectivity index (χ1) is 10.5. The Morgan fingerprint density at radius 3 is 2.68 bits per heavy atom. The summed E-state index contributed by atoms with van der Waals surface area (Å²) in [4.78, 5) is 36.2. The Labute approximate surface area is 132 Å². The van der Waals surface area contributed by atoms with Crippen LogP contribution in [-0.4, -0.2) is 18.9 Å². The normalized spacial score (nSPS) is 10.6. The van der Waals surface area contributed by atoms with Crippen molar-refractivity contribution in [3.05, 3.63) is 39.4 Å². The predicted molar refractivity (Wildman–Crippen MR) is 89.3 cm³/mol. The molecule has 6 heteroatoms. The summed E-state index contributed by atoms with van der Waals surface area (Å²) in [7, 11) is 1.38.